The fourth-order valence-corrected chi connectivity index (χ4v) is 1.63. The first-order valence-corrected chi connectivity index (χ1v) is 5.70. The molecule has 0 radical (unpaired) electrons. The Balaban J connectivity index is 3.26. The number of halogens is 3. The Kier molecular flexibility index (Phi) is 4.90. The number of nitriles is 2. The summed E-state index contributed by atoms with van der Waals surface area (Å²) < 4.78 is 39.1. The van der Waals surface area contributed by atoms with Crippen LogP contribution in [0.15, 0.2) is 18.2 Å². The predicted octanol–water partition coefficient (Wildman–Crippen LogP) is 2.10. The topological polar surface area (TPSA) is 96.9 Å². The molecule has 8 heteroatoms. The summed E-state index contributed by atoms with van der Waals surface area (Å²) in [4.78, 5) is 10.7. The van der Waals surface area contributed by atoms with Crippen LogP contribution in [0.4, 0.5) is 13.2 Å². The quantitative estimate of drug-likeness (QED) is 0.887. The van der Waals surface area contributed by atoms with Gasteiger partial charge in [-0.25, -0.2) is 0 Å². The first kappa shape index (κ1) is 16.5. The highest BCUT2D eigenvalue weighted by Gasteiger charge is 2.42. The van der Waals surface area contributed by atoms with Gasteiger partial charge in [-0.15, -0.1) is 0 Å². The van der Waals surface area contributed by atoms with Gasteiger partial charge < -0.3 is 5.11 Å². The normalized spacial score (nSPS) is 13.8. The third-order valence-electron chi connectivity index (χ3n) is 2.73. The molecule has 110 valence electrons. The molecular weight excluding hydrogens is 287 g/mol. The van der Waals surface area contributed by atoms with Gasteiger partial charge in [0, 0.05) is 0 Å². The van der Waals surface area contributed by atoms with Crippen LogP contribution >= 0.6 is 0 Å². The SMILES string of the molecule is C[C@H](NC(c1ccc(C#N)c(C#N)c1)C(F)(F)F)C(=O)O. The average molecular weight is 297 g/mol. The first-order chi connectivity index (χ1) is 9.70. The Bertz CT molecular complexity index is 629. The van der Waals surface area contributed by atoms with Crippen LogP contribution in [0.5, 0.6) is 0 Å². The summed E-state index contributed by atoms with van der Waals surface area (Å²) in [5.74, 6) is -1.43. The molecule has 21 heavy (non-hydrogen) atoms. The molecule has 1 rings (SSSR count). The van der Waals surface area contributed by atoms with Crippen molar-refractivity contribution in [1.82, 2.24) is 5.32 Å². The van der Waals surface area contributed by atoms with Crippen LogP contribution in [0, 0.1) is 22.7 Å². The third-order valence-corrected chi connectivity index (χ3v) is 2.73. The molecule has 0 aliphatic heterocycles. The summed E-state index contributed by atoms with van der Waals surface area (Å²) in [6.45, 7) is 1.08. The lowest BCUT2D eigenvalue weighted by atomic mass is 9.99. The van der Waals surface area contributed by atoms with Gasteiger partial charge in [-0.3, -0.25) is 10.1 Å². The Labute approximate surface area is 118 Å². The minimum absolute atomic E-state index is 0.0477. The van der Waals surface area contributed by atoms with Crippen molar-refractivity contribution in [1.29, 1.82) is 10.5 Å². The highest BCUT2D eigenvalue weighted by Crippen LogP contribution is 2.33. The average Bonchev–Trinajstić information content (AvgIpc) is 2.42. The highest BCUT2D eigenvalue weighted by atomic mass is 19.4. The number of carboxylic acids is 1. The maximum absolute atomic E-state index is 13.0. The molecule has 0 amide bonds. The fraction of sp³-hybridized carbons (Fsp3) is 0.308. The Morgan fingerprint density at radius 3 is 2.29 bits per heavy atom. The van der Waals surface area contributed by atoms with E-state index in [9.17, 15) is 18.0 Å². The van der Waals surface area contributed by atoms with Crippen molar-refractivity contribution < 1.29 is 23.1 Å². The summed E-state index contributed by atoms with van der Waals surface area (Å²) in [6, 6.07) is 2.71. The lowest BCUT2D eigenvalue weighted by molar-refractivity contribution is -0.162. The van der Waals surface area contributed by atoms with E-state index in [-0.39, 0.29) is 16.7 Å². The Morgan fingerprint density at radius 2 is 1.86 bits per heavy atom. The zero-order chi connectivity index (χ0) is 16.2. The van der Waals surface area contributed by atoms with E-state index in [4.69, 9.17) is 15.6 Å². The molecule has 0 bridgehead atoms. The number of nitrogens with one attached hydrogen (secondary N) is 1. The molecule has 5 nitrogen and oxygen atoms in total. The maximum Gasteiger partial charge on any atom is 0.407 e. The maximum atomic E-state index is 13.0. The van der Waals surface area contributed by atoms with Crippen molar-refractivity contribution in [2.24, 2.45) is 0 Å². The van der Waals surface area contributed by atoms with E-state index in [0.717, 1.165) is 25.1 Å². The molecule has 0 aliphatic rings. The van der Waals surface area contributed by atoms with E-state index in [1.54, 1.807) is 12.1 Å². The van der Waals surface area contributed by atoms with Gasteiger partial charge in [-0.2, -0.15) is 23.7 Å². The summed E-state index contributed by atoms with van der Waals surface area (Å²) in [5.41, 5.74) is -0.575. The number of benzene rings is 1. The van der Waals surface area contributed by atoms with Gasteiger partial charge in [0.05, 0.1) is 11.1 Å². The molecule has 0 aromatic heterocycles. The van der Waals surface area contributed by atoms with E-state index in [0.29, 0.717) is 0 Å². The number of alkyl halides is 3. The minimum atomic E-state index is -4.75. The molecule has 0 heterocycles. The predicted molar refractivity (Wildman–Crippen MR) is 64.9 cm³/mol. The number of hydrogen-bond donors (Lipinski definition) is 2. The second-order valence-electron chi connectivity index (χ2n) is 4.23. The van der Waals surface area contributed by atoms with Gasteiger partial charge in [-0.05, 0) is 24.6 Å². The number of carboxylic acid groups (broad SMARTS) is 1. The summed E-state index contributed by atoms with van der Waals surface area (Å²) >= 11 is 0. The van der Waals surface area contributed by atoms with Crippen LogP contribution < -0.4 is 5.32 Å². The monoisotopic (exact) mass is 297 g/mol. The van der Waals surface area contributed by atoms with Crippen molar-refractivity contribution in [3.8, 4) is 12.1 Å². The van der Waals surface area contributed by atoms with Crippen LogP contribution in [0.3, 0.4) is 0 Å². The smallest absolute Gasteiger partial charge is 0.407 e. The standard InChI is InChI=1S/C13H10F3N3O2/c1-7(12(20)21)19-11(13(14,15)16)8-2-3-9(5-17)10(4-8)6-18/h2-4,7,11,19H,1H3,(H,20,21)/t7-,11?/m0/s1. The van der Waals surface area contributed by atoms with Gasteiger partial charge >= 0.3 is 12.1 Å². The molecule has 0 spiro atoms. The molecule has 2 atom stereocenters. The van der Waals surface area contributed by atoms with Gasteiger partial charge in [0.15, 0.2) is 0 Å². The zero-order valence-electron chi connectivity index (χ0n) is 10.8. The summed E-state index contributed by atoms with van der Waals surface area (Å²) in [6.07, 6.45) is -4.75. The first-order valence-electron chi connectivity index (χ1n) is 5.70. The van der Waals surface area contributed by atoms with E-state index >= 15 is 0 Å². The van der Waals surface area contributed by atoms with E-state index in [2.05, 4.69) is 0 Å². The minimum Gasteiger partial charge on any atom is -0.480 e. The second-order valence-corrected chi connectivity index (χ2v) is 4.23. The summed E-state index contributed by atoms with van der Waals surface area (Å²) in [5, 5.41) is 28.2. The van der Waals surface area contributed by atoms with Crippen LogP contribution in [0.25, 0.3) is 0 Å². The van der Waals surface area contributed by atoms with Crippen molar-refractivity contribution in [2.45, 2.75) is 25.2 Å². The molecule has 0 fully saturated rings. The molecule has 0 aliphatic carbocycles. The van der Waals surface area contributed by atoms with Gasteiger partial charge in [0.25, 0.3) is 0 Å². The third kappa shape index (κ3) is 3.94. The number of aliphatic carboxylic acids is 1. The molecule has 1 aromatic carbocycles. The fourth-order valence-electron chi connectivity index (χ4n) is 1.63. The summed E-state index contributed by atoms with van der Waals surface area (Å²) in [7, 11) is 0. The van der Waals surface area contributed by atoms with Gasteiger partial charge in [0.2, 0.25) is 0 Å². The molecule has 0 saturated carbocycles. The Hall–Kier alpha value is -2.58. The molecule has 1 unspecified atom stereocenters. The van der Waals surface area contributed by atoms with Crippen molar-refractivity contribution in [2.75, 3.05) is 0 Å². The van der Waals surface area contributed by atoms with Crippen molar-refractivity contribution in [3.63, 3.8) is 0 Å². The van der Waals surface area contributed by atoms with Crippen LogP contribution in [-0.2, 0) is 4.79 Å². The zero-order valence-corrected chi connectivity index (χ0v) is 10.8. The molecule has 1 aromatic rings. The van der Waals surface area contributed by atoms with E-state index < -0.39 is 24.2 Å². The number of nitrogens with zero attached hydrogens (tertiary/aromatic N) is 2. The highest BCUT2D eigenvalue weighted by molar-refractivity contribution is 5.73. The van der Waals surface area contributed by atoms with Crippen molar-refractivity contribution in [3.05, 3.63) is 34.9 Å². The van der Waals surface area contributed by atoms with Crippen LogP contribution in [0.1, 0.15) is 29.7 Å². The van der Waals surface area contributed by atoms with Gasteiger partial charge in [-0.1, -0.05) is 6.07 Å². The number of carbonyl (C=O) groups is 1. The number of rotatable bonds is 4. The largest absolute Gasteiger partial charge is 0.480 e. The number of hydrogen-bond acceptors (Lipinski definition) is 4. The van der Waals surface area contributed by atoms with Crippen molar-refractivity contribution >= 4 is 5.97 Å². The van der Waals surface area contributed by atoms with E-state index in [1.807, 2.05) is 5.32 Å². The van der Waals surface area contributed by atoms with Gasteiger partial charge in [0.1, 0.15) is 24.2 Å². The molecule has 0 saturated heterocycles. The lowest BCUT2D eigenvalue weighted by Crippen LogP contribution is -2.43. The lowest BCUT2D eigenvalue weighted by Gasteiger charge is -2.24. The van der Waals surface area contributed by atoms with Crippen LogP contribution in [-0.4, -0.2) is 23.3 Å². The molecule has 2 N–H and O–H groups in total. The second kappa shape index (κ2) is 6.25. The van der Waals surface area contributed by atoms with Crippen LogP contribution in [0.2, 0.25) is 0 Å². The molecular formula is C13H10F3N3O2. The van der Waals surface area contributed by atoms with E-state index in [1.165, 1.54) is 0 Å². The Morgan fingerprint density at radius 1 is 1.29 bits per heavy atom.